The summed E-state index contributed by atoms with van der Waals surface area (Å²) in [7, 11) is 2.10. The molecule has 3 rings (SSSR count). The monoisotopic (exact) mass is 404 g/mol. The first-order valence-electron chi connectivity index (χ1n) is 10.4. The molecule has 2 amide bonds. The van der Waals surface area contributed by atoms with E-state index in [1.807, 2.05) is 24.3 Å². The average molecular weight is 405 g/mol. The van der Waals surface area contributed by atoms with Gasteiger partial charge < -0.3 is 29.9 Å². The quantitative estimate of drug-likeness (QED) is 0.498. The normalized spacial score (nSPS) is 19.9. The zero-order valence-electron chi connectivity index (χ0n) is 17.2. The maximum Gasteiger partial charge on any atom is 0.313 e. The fourth-order valence-electron chi connectivity index (χ4n) is 3.53. The lowest BCUT2D eigenvalue weighted by molar-refractivity contribution is -0.136. The van der Waals surface area contributed by atoms with Crippen LogP contribution in [0.5, 0.6) is 0 Å². The van der Waals surface area contributed by atoms with Gasteiger partial charge in [-0.05, 0) is 38.4 Å². The third-order valence-corrected chi connectivity index (χ3v) is 5.28. The highest BCUT2D eigenvalue weighted by Crippen LogP contribution is 2.26. The highest BCUT2D eigenvalue weighted by atomic mass is 16.5. The molecular weight excluding hydrogens is 372 g/mol. The fourth-order valence-corrected chi connectivity index (χ4v) is 3.53. The van der Waals surface area contributed by atoms with Gasteiger partial charge in [-0.15, -0.1) is 0 Å². The molecule has 0 aliphatic carbocycles. The molecule has 8 heteroatoms. The number of carbonyl (C=O) groups is 2. The summed E-state index contributed by atoms with van der Waals surface area (Å²) in [5, 5.41) is 5.41. The van der Waals surface area contributed by atoms with E-state index < -0.39 is 11.8 Å². The van der Waals surface area contributed by atoms with Crippen LogP contribution in [0.4, 0.5) is 11.4 Å². The third kappa shape index (κ3) is 6.69. The van der Waals surface area contributed by atoms with Crippen molar-refractivity contribution in [2.75, 3.05) is 69.8 Å². The van der Waals surface area contributed by atoms with E-state index >= 15 is 0 Å². The van der Waals surface area contributed by atoms with Crippen molar-refractivity contribution in [3.63, 3.8) is 0 Å². The lowest BCUT2D eigenvalue weighted by Crippen LogP contribution is -2.45. The lowest BCUT2D eigenvalue weighted by atomic mass is 10.2. The number of piperazine rings is 1. The molecule has 1 aromatic rings. The van der Waals surface area contributed by atoms with Gasteiger partial charge in [-0.3, -0.25) is 9.59 Å². The summed E-state index contributed by atoms with van der Waals surface area (Å²) in [5.41, 5.74) is 1.61. The Hall–Kier alpha value is -2.16. The van der Waals surface area contributed by atoms with Crippen molar-refractivity contribution in [1.29, 1.82) is 0 Å². The van der Waals surface area contributed by atoms with Crippen molar-refractivity contribution in [1.82, 2.24) is 10.2 Å². The molecule has 2 aliphatic rings. The second kappa shape index (κ2) is 11.1. The molecular formula is C21H32N4O4. The number of carbonyl (C=O) groups excluding carboxylic acids is 2. The van der Waals surface area contributed by atoms with Crippen molar-refractivity contribution in [2.24, 2.45) is 0 Å². The zero-order valence-corrected chi connectivity index (χ0v) is 17.2. The van der Waals surface area contributed by atoms with Crippen LogP contribution >= 0.6 is 0 Å². The van der Waals surface area contributed by atoms with Gasteiger partial charge in [0.2, 0.25) is 0 Å². The molecule has 1 atom stereocenters. The van der Waals surface area contributed by atoms with Crippen molar-refractivity contribution >= 4 is 23.2 Å². The molecule has 0 spiro atoms. The molecule has 2 aliphatic heterocycles. The molecule has 1 aromatic carbocycles. The summed E-state index contributed by atoms with van der Waals surface area (Å²) in [4.78, 5) is 28.9. The van der Waals surface area contributed by atoms with Crippen LogP contribution < -0.4 is 15.5 Å². The highest BCUT2D eigenvalue weighted by Gasteiger charge is 2.20. The van der Waals surface area contributed by atoms with Crippen molar-refractivity contribution in [2.45, 2.75) is 25.4 Å². The van der Waals surface area contributed by atoms with Gasteiger partial charge in [0.15, 0.2) is 0 Å². The molecule has 0 bridgehead atoms. The van der Waals surface area contributed by atoms with Crippen LogP contribution in [0.1, 0.15) is 19.3 Å². The molecule has 2 saturated heterocycles. The van der Waals surface area contributed by atoms with Gasteiger partial charge in [0.25, 0.3) is 0 Å². The topological polar surface area (TPSA) is 83.1 Å². The predicted molar refractivity (Wildman–Crippen MR) is 112 cm³/mol. The number of likely N-dealkylation sites (N-methyl/N-ethyl adjacent to an activating group) is 1. The maximum absolute atomic E-state index is 12.3. The summed E-state index contributed by atoms with van der Waals surface area (Å²) >= 11 is 0. The number of anilines is 2. The lowest BCUT2D eigenvalue weighted by Gasteiger charge is -2.35. The summed E-state index contributed by atoms with van der Waals surface area (Å²) in [5.74, 6) is -1.27. The Labute approximate surface area is 172 Å². The zero-order chi connectivity index (χ0) is 20.5. The predicted octanol–water partition coefficient (Wildman–Crippen LogP) is 1.08. The summed E-state index contributed by atoms with van der Waals surface area (Å²) in [6, 6.07) is 7.61. The number of hydrogen-bond acceptors (Lipinski definition) is 6. The fraction of sp³-hybridized carbons (Fsp3) is 0.619. The van der Waals surface area contributed by atoms with Crippen LogP contribution in [-0.4, -0.2) is 82.4 Å². The largest absolute Gasteiger partial charge is 0.379 e. The van der Waals surface area contributed by atoms with Gasteiger partial charge in [-0.2, -0.15) is 0 Å². The Morgan fingerprint density at radius 3 is 2.72 bits per heavy atom. The Morgan fingerprint density at radius 1 is 1.17 bits per heavy atom. The standard InChI is InChI=1S/C21H32N4O4/c1-24-10-12-25(13-11-24)19-8-3-2-7-18(19)23-21(27)20(26)22-9-5-14-28-16-17-6-4-15-29-17/h2-3,7-8,17H,4-6,9-16H2,1H3,(H,22,26)(H,23,27). The number of benzene rings is 1. The average Bonchev–Trinajstić information content (AvgIpc) is 3.25. The number of ether oxygens (including phenoxy) is 2. The van der Waals surface area contributed by atoms with Gasteiger partial charge in [0.1, 0.15) is 0 Å². The van der Waals surface area contributed by atoms with Gasteiger partial charge in [-0.25, -0.2) is 0 Å². The second-order valence-corrected chi connectivity index (χ2v) is 7.58. The Morgan fingerprint density at radius 2 is 1.97 bits per heavy atom. The minimum Gasteiger partial charge on any atom is -0.379 e. The van der Waals surface area contributed by atoms with E-state index in [9.17, 15) is 9.59 Å². The first kappa shape index (κ1) is 21.5. The van der Waals surface area contributed by atoms with E-state index in [-0.39, 0.29) is 6.10 Å². The highest BCUT2D eigenvalue weighted by molar-refractivity contribution is 6.39. The third-order valence-electron chi connectivity index (χ3n) is 5.28. The number of hydrogen-bond donors (Lipinski definition) is 2. The summed E-state index contributed by atoms with van der Waals surface area (Å²) in [6.07, 6.45) is 3.00. The molecule has 2 N–H and O–H groups in total. The van der Waals surface area contributed by atoms with Crippen LogP contribution in [-0.2, 0) is 19.1 Å². The minimum atomic E-state index is -0.646. The first-order valence-corrected chi connectivity index (χ1v) is 10.4. The van der Waals surface area contributed by atoms with Crippen molar-refractivity contribution in [3.05, 3.63) is 24.3 Å². The second-order valence-electron chi connectivity index (χ2n) is 7.58. The van der Waals surface area contributed by atoms with Crippen LogP contribution in [0.15, 0.2) is 24.3 Å². The van der Waals surface area contributed by atoms with Gasteiger partial charge in [0.05, 0.1) is 24.1 Å². The van der Waals surface area contributed by atoms with E-state index in [1.165, 1.54) is 0 Å². The van der Waals surface area contributed by atoms with E-state index in [2.05, 4.69) is 27.5 Å². The molecule has 29 heavy (non-hydrogen) atoms. The Balaban J connectivity index is 1.38. The van der Waals surface area contributed by atoms with Gasteiger partial charge in [-0.1, -0.05) is 12.1 Å². The van der Waals surface area contributed by atoms with Crippen molar-refractivity contribution in [3.8, 4) is 0 Å². The van der Waals surface area contributed by atoms with Crippen molar-refractivity contribution < 1.29 is 19.1 Å². The van der Waals surface area contributed by atoms with E-state index in [1.54, 1.807) is 0 Å². The number of para-hydroxylation sites is 2. The molecule has 0 saturated carbocycles. The summed E-state index contributed by atoms with van der Waals surface area (Å²) < 4.78 is 11.1. The van der Waals surface area contributed by atoms with Gasteiger partial charge in [0, 0.05) is 45.9 Å². The smallest absolute Gasteiger partial charge is 0.313 e. The molecule has 2 heterocycles. The molecule has 0 aromatic heterocycles. The van der Waals surface area contributed by atoms with E-state index in [0.717, 1.165) is 51.3 Å². The van der Waals surface area contributed by atoms with E-state index in [4.69, 9.17) is 9.47 Å². The molecule has 0 radical (unpaired) electrons. The van der Waals surface area contributed by atoms with Crippen LogP contribution in [0.2, 0.25) is 0 Å². The van der Waals surface area contributed by atoms with Crippen LogP contribution in [0.3, 0.4) is 0 Å². The molecule has 160 valence electrons. The molecule has 2 fully saturated rings. The number of rotatable bonds is 8. The first-order chi connectivity index (χ1) is 14.1. The Kier molecular flexibility index (Phi) is 8.27. The van der Waals surface area contributed by atoms with Crippen LogP contribution in [0, 0.1) is 0 Å². The Bertz CT molecular complexity index is 670. The number of nitrogens with zero attached hydrogens (tertiary/aromatic N) is 2. The van der Waals surface area contributed by atoms with Gasteiger partial charge >= 0.3 is 11.8 Å². The van der Waals surface area contributed by atoms with E-state index in [0.29, 0.717) is 31.9 Å². The minimum absolute atomic E-state index is 0.204. The molecule has 8 nitrogen and oxygen atoms in total. The van der Waals surface area contributed by atoms with Crippen LogP contribution in [0.25, 0.3) is 0 Å². The summed E-state index contributed by atoms with van der Waals surface area (Å²) in [6.45, 7) is 6.07. The number of amides is 2. The molecule has 1 unspecified atom stereocenters. The SMILES string of the molecule is CN1CCN(c2ccccc2NC(=O)C(=O)NCCCOCC2CCCO2)CC1. The number of nitrogens with one attached hydrogen (secondary N) is 2. The maximum atomic E-state index is 12.3.